The lowest BCUT2D eigenvalue weighted by Gasteiger charge is -2.19. The van der Waals surface area contributed by atoms with Crippen molar-refractivity contribution in [1.29, 1.82) is 0 Å². The van der Waals surface area contributed by atoms with Gasteiger partial charge in [-0.3, -0.25) is 19.1 Å². The highest BCUT2D eigenvalue weighted by Gasteiger charge is 2.59. The Balaban J connectivity index is 0.00000141. The number of imidazole rings is 1. The number of carbonyl (C=O) groups excluding carboxylic acids is 2. The minimum atomic E-state index is -4.92. The standard InChI is InChI=1S/C27H26ClF5N6O2.CH2O2/c1-14-5-3-4-6-15(9-14)35-24(40)17-8-7-16(10-19(17)28)36-25(41)23-34-12-20(38(23)2)18-13-39(21-11-26(21,29)30)37-22(18)27(31,32)33;2-1-3/h3-4,7-8,10,12-15,21H,5-6,9,11H2,1-2H3,(H,35,40)(H,36,41);1H,(H,2,3)/t14-,15+,21?;/m1./s1. The van der Waals surface area contributed by atoms with E-state index in [9.17, 15) is 31.5 Å². The smallest absolute Gasteiger partial charge is 0.435 e. The van der Waals surface area contributed by atoms with Crippen molar-refractivity contribution in [3.05, 3.63) is 64.8 Å². The molecule has 1 aromatic carbocycles. The monoisotopic (exact) mass is 642 g/mol. The third kappa shape index (κ3) is 7.26. The molecule has 2 aliphatic rings. The predicted octanol–water partition coefficient (Wildman–Crippen LogP) is 5.96. The van der Waals surface area contributed by atoms with Gasteiger partial charge in [0, 0.05) is 31.4 Å². The second kappa shape index (κ2) is 12.8. The van der Waals surface area contributed by atoms with Gasteiger partial charge in [0.15, 0.2) is 11.5 Å². The molecule has 0 spiro atoms. The van der Waals surface area contributed by atoms with E-state index in [1.54, 1.807) is 0 Å². The fraction of sp³-hybridized carbons (Fsp3) is 0.393. The van der Waals surface area contributed by atoms with E-state index in [2.05, 4.69) is 33.7 Å². The van der Waals surface area contributed by atoms with E-state index in [4.69, 9.17) is 21.5 Å². The molecule has 3 atom stereocenters. The summed E-state index contributed by atoms with van der Waals surface area (Å²) in [7, 11) is 1.32. The number of hydrogen-bond donors (Lipinski definition) is 3. The lowest BCUT2D eigenvalue weighted by Crippen LogP contribution is -2.35. The van der Waals surface area contributed by atoms with Crippen LogP contribution in [0.5, 0.6) is 0 Å². The number of hydrogen-bond acceptors (Lipinski definition) is 5. The lowest BCUT2D eigenvalue weighted by molar-refractivity contribution is -0.141. The Morgan fingerprint density at radius 3 is 2.45 bits per heavy atom. The summed E-state index contributed by atoms with van der Waals surface area (Å²) in [6, 6.07) is 2.82. The first-order valence-electron chi connectivity index (χ1n) is 13.4. The van der Waals surface area contributed by atoms with Crippen LogP contribution in [0.25, 0.3) is 11.3 Å². The maximum atomic E-state index is 13.7. The molecule has 1 saturated carbocycles. The van der Waals surface area contributed by atoms with Crippen molar-refractivity contribution in [2.45, 2.75) is 56.8 Å². The maximum Gasteiger partial charge on any atom is 0.435 e. The molecule has 0 radical (unpaired) electrons. The number of rotatable bonds is 6. The van der Waals surface area contributed by atoms with Crippen LogP contribution in [-0.4, -0.2) is 54.7 Å². The third-order valence-electron chi connectivity index (χ3n) is 7.20. The van der Waals surface area contributed by atoms with Crippen molar-refractivity contribution in [2.24, 2.45) is 13.0 Å². The van der Waals surface area contributed by atoms with Crippen LogP contribution in [0.1, 0.15) is 65.3 Å². The Morgan fingerprint density at radius 2 is 1.84 bits per heavy atom. The number of allylic oxidation sites excluding steroid dienone is 1. The number of nitrogens with zero attached hydrogens (tertiary/aromatic N) is 4. The van der Waals surface area contributed by atoms with Gasteiger partial charge in [0.2, 0.25) is 0 Å². The van der Waals surface area contributed by atoms with Crippen molar-refractivity contribution in [1.82, 2.24) is 24.6 Å². The summed E-state index contributed by atoms with van der Waals surface area (Å²) in [6.45, 7) is 1.86. The van der Waals surface area contributed by atoms with E-state index in [0.29, 0.717) is 17.0 Å². The molecule has 0 bridgehead atoms. The summed E-state index contributed by atoms with van der Waals surface area (Å²) < 4.78 is 69.8. The summed E-state index contributed by atoms with van der Waals surface area (Å²) in [5, 5.41) is 15.9. The van der Waals surface area contributed by atoms with Gasteiger partial charge in [-0.15, -0.1) is 0 Å². The van der Waals surface area contributed by atoms with Crippen molar-refractivity contribution in [2.75, 3.05) is 5.32 Å². The fourth-order valence-corrected chi connectivity index (χ4v) is 5.18. The van der Waals surface area contributed by atoms with Gasteiger partial charge >= 0.3 is 6.18 Å². The van der Waals surface area contributed by atoms with E-state index in [-0.39, 0.29) is 46.2 Å². The van der Waals surface area contributed by atoms with Gasteiger partial charge in [-0.1, -0.05) is 30.7 Å². The second-order valence-electron chi connectivity index (χ2n) is 10.6. The van der Waals surface area contributed by atoms with Crippen molar-refractivity contribution in [3.8, 4) is 11.3 Å². The SMILES string of the molecule is C[C@@H]1CC=CC[C@H](NC(=O)c2ccc(NC(=O)c3ncc(-c4cn(C5CC5(F)F)nc4C(F)(F)F)n3C)cc2Cl)C1.O=CO. The molecule has 236 valence electrons. The van der Waals surface area contributed by atoms with Gasteiger partial charge in [-0.25, -0.2) is 13.8 Å². The quantitative estimate of drug-likeness (QED) is 0.173. The number of carbonyl (C=O) groups is 3. The Morgan fingerprint density at radius 1 is 1.18 bits per heavy atom. The zero-order valence-electron chi connectivity index (χ0n) is 23.4. The first-order valence-corrected chi connectivity index (χ1v) is 13.7. The van der Waals surface area contributed by atoms with Gasteiger partial charge in [-0.2, -0.15) is 18.3 Å². The normalized spacial score (nSPS) is 20.6. The second-order valence-corrected chi connectivity index (χ2v) is 11.0. The van der Waals surface area contributed by atoms with Crippen LogP contribution in [0.3, 0.4) is 0 Å². The summed E-state index contributed by atoms with van der Waals surface area (Å²) in [5.74, 6) is -4.06. The van der Waals surface area contributed by atoms with E-state index in [1.807, 2.05) is 6.08 Å². The maximum absolute atomic E-state index is 13.7. The Kier molecular flexibility index (Phi) is 9.47. The molecule has 2 aliphatic carbocycles. The van der Waals surface area contributed by atoms with E-state index < -0.39 is 41.7 Å². The van der Waals surface area contributed by atoms with E-state index in [1.165, 1.54) is 25.2 Å². The molecular weight excluding hydrogens is 615 g/mol. The van der Waals surface area contributed by atoms with Crippen LogP contribution in [0.2, 0.25) is 5.02 Å². The van der Waals surface area contributed by atoms with E-state index >= 15 is 0 Å². The zero-order valence-corrected chi connectivity index (χ0v) is 24.2. The molecule has 3 N–H and O–H groups in total. The van der Waals surface area contributed by atoms with Gasteiger partial charge in [-0.05, 0) is 43.4 Å². The molecule has 10 nitrogen and oxygen atoms in total. The van der Waals surface area contributed by atoms with Crippen LogP contribution in [0.4, 0.5) is 27.6 Å². The first kappa shape index (κ1) is 32.6. The molecule has 5 rings (SSSR count). The highest BCUT2D eigenvalue weighted by molar-refractivity contribution is 6.34. The number of anilines is 1. The van der Waals surface area contributed by atoms with Crippen LogP contribution < -0.4 is 10.6 Å². The molecule has 2 aromatic heterocycles. The predicted molar refractivity (Wildman–Crippen MR) is 150 cm³/mol. The minimum Gasteiger partial charge on any atom is -0.483 e. The molecule has 0 aliphatic heterocycles. The number of carboxylic acid groups (broad SMARTS) is 1. The number of benzene rings is 1. The van der Waals surface area contributed by atoms with Gasteiger partial charge in [0.05, 0.1) is 28.0 Å². The highest BCUT2D eigenvalue weighted by atomic mass is 35.5. The molecule has 2 amide bonds. The number of aromatic nitrogens is 4. The summed E-state index contributed by atoms with van der Waals surface area (Å²) in [5.41, 5.74) is -1.52. The number of halogens is 6. The highest BCUT2D eigenvalue weighted by Crippen LogP contribution is 2.53. The first-order chi connectivity index (χ1) is 20.7. The largest absolute Gasteiger partial charge is 0.483 e. The van der Waals surface area contributed by atoms with E-state index in [0.717, 1.165) is 29.8 Å². The van der Waals surface area contributed by atoms with Crippen molar-refractivity contribution >= 4 is 35.6 Å². The average Bonchev–Trinajstić information content (AvgIpc) is 3.23. The van der Waals surface area contributed by atoms with Crippen molar-refractivity contribution in [3.63, 3.8) is 0 Å². The van der Waals surface area contributed by atoms with Gasteiger partial charge < -0.3 is 20.3 Å². The molecule has 44 heavy (non-hydrogen) atoms. The van der Waals surface area contributed by atoms with Crippen LogP contribution in [0.15, 0.2) is 42.7 Å². The minimum absolute atomic E-state index is 0.0324. The lowest BCUT2D eigenvalue weighted by atomic mass is 9.99. The fourth-order valence-electron chi connectivity index (χ4n) is 4.92. The molecule has 16 heteroatoms. The molecule has 2 heterocycles. The zero-order chi connectivity index (χ0) is 32.4. The summed E-state index contributed by atoms with van der Waals surface area (Å²) >= 11 is 6.34. The van der Waals surface area contributed by atoms with Gasteiger partial charge in [0.1, 0.15) is 6.04 Å². The molecule has 0 saturated heterocycles. The summed E-state index contributed by atoms with van der Waals surface area (Å²) in [6.07, 6.45) is 3.04. The third-order valence-corrected chi connectivity index (χ3v) is 7.51. The number of nitrogens with one attached hydrogen (secondary N) is 2. The Labute approximate surface area is 252 Å². The Bertz CT molecular complexity index is 1580. The van der Waals surface area contributed by atoms with Crippen LogP contribution >= 0.6 is 11.6 Å². The molecule has 3 aromatic rings. The molecule has 1 fully saturated rings. The number of alkyl halides is 5. The molecule has 1 unspecified atom stereocenters. The topological polar surface area (TPSA) is 131 Å². The molecular formula is C28H28ClF5N6O4. The summed E-state index contributed by atoms with van der Waals surface area (Å²) in [4.78, 5) is 38.1. The van der Waals surface area contributed by atoms with Gasteiger partial charge in [0.25, 0.3) is 24.2 Å². The van der Waals surface area contributed by atoms with Crippen molar-refractivity contribution < 1.29 is 41.4 Å². The average molecular weight is 643 g/mol. The van der Waals surface area contributed by atoms with Crippen LogP contribution in [-0.2, 0) is 18.0 Å². The van der Waals surface area contributed by atoms with Crippen LogP contribution in [0, 0.1) is 5.92 Å². The number of amides is 2. The Hall–Kier alpha value is -4.27.